The Morgan fingerprint density at radius 1 is 1.35 bits per heavy atom. The molecular weight excluding hydrogens is 254 g/mol. The zero-order valence-corrected chi connectivity index (χ0v) is 12.7. The van der Waals surface area contributed by atoms with Crippen LogP contribution in [0, 0.1) is 5.92 Å². The fourth-order valence-electron chi connectivity index (χ4n) is 2.85. The van der Waals surface area contributed by atoms with Gasteiger partial charge in [-0.2, -0.15) is 4.98 Å². The first kappa shape index (κ1) is 15.4. The second kappa shape index (κ2) is 7.18. The van der Waals surface area contributed by atoms with E-state index in [1.807, 2.05) is 6.92 Å². The van der Waals surface area contributed by atoms with Crippen LogP contribution < -0.4 is 5.73 Å². The lowest BCUT2D eigenvalue weighted by Gasteiger charge is -2.34. The minimum absolute atomic E-state index is 0.382. The van der Waals surface area contributed by atoms with Gasteiger partial charge in [-0.15, -0.1) is 0 Å². The predicted molar refractivity (Wildman–Crippen MR) is 77.2 cm³/mol. The molecule has 0 aromatic carbocycles. The van der Waals surface area contributed by atoms with Gasteiger partial charge in [0.25, 0.3) is 0 Å². The molecule has 2 N–H and O–H groups in total. The molecule has 0 radical (unpaired) electrons. The van der Waals surface area contributed by atoms with Gasteiger partial charge in [0, 0.05) is 19.6 Å². The van der Waals surface area contributed by atoms with E-state index in [-0.39, 0.29) is 5.54 Å². The maximum atomic E-state index is 6.48. The van der Waals surface area contributed by atoms with Crippen LogP contribution in [0.4, 0.5) is 0 Å². The summed E-state index contributed by atoms with van der Waals surface area (Å²) in [6.45, 7) is 5.73. The molecule has 20 heavy (non-hydrogen) atoms. The molecule has 1 saturated carbocycles. The Labute approximate surface area is 121 Å². The fourth-order valence-corrected chi connectivity index (χ4v) is 2.85. The van der Waals surface area contributed by atoms with Gasteiger partial charge in [-0.1, -0.05) is 18.5 Å². The van der Waals surface area contributed by atoms with Crippen molar-refractivity contribution in [3.8, 4) is 0 Å². The molecule has 0 spiro atoms. The third-order valence-corrected chi connectivity index (χ3v) is 4.37. The van der Waals surface area contributed by atoms with E-state index < -0.39 is 0 Å². The lowest BCUT2D eigenvalue weighted by atomic mass is 9.76. The van der Waals surface area contributed by atoms with Gasteiger partial charge in [0.2, 0.25) is 5.89 Å². The minimum Gasteiger partial charge on any atom is -0.382 e. The number of nitrogens with zero attached hydrogens (tertiary/aromatic N) is 2. The Bertz CT molecular complexity index is 398. The average Bonchev–Trinajstić information content (AvgIpc) is 2.94. The quantitative estimate of drug-likeness (QED) is 0.778. The van der Waals surface area contributed by atoms with E-state index in [9.17, 15) is 0 Å². The van der Waals surface area contributed by atoms with Crippen molar-refractivity contribution in [3.05, 3.63) is 11.7 Å². The molecule has 1 fully saturated rings. The number of hydrogen-bond donors (Lipinski definition) is 1. The lowest BCUT2D eigenvalue weighted by molar-refractivity contribution is 0.143. The first-order valence-corrected chi connectivity index (χ1v) is 7.87. The molecule has 0 aliphatic heterocycles. The molecule has 0 atom stereocenters. The van der Waals surface area contributed by atoms with Crippen LogP contribution in [-0.4, -0.2) is 23.4 Å². The first-order valence-electron chi connectivity index (χ1n) is 7.87. The van der Waals surface area contributed by atoms with E-state index in [1.54, 1.807) is 0 Å². The van der Waals surface area contributed by atoms with Crippen LogP contribution in [0.2, 0.25) is 0 Å². The molecule has 0 amide bonds. The zero-order valence-electron chi connectivity index (χ0n) is 12.7. The first-order chi connectivity index (χ1) is 9.68. The maximum absolute atomic E-state index is 6.48. The molecule has 0 unspecified atom stereocenters. The van der Waals surface area contributed by atoms with Crippen LogP contribution in [-0.2, 0) is 16.7 Å². The minimum atomic E-state index is -0.382. The smallest absolute Gasteiger partial charge is 0.226 e. The summed E-state index contributed by atoms with van der Waals surface area (Å²) >= 11 is 0. The summed E-state index contributed by atoms with van der Waals surface area (Å²) in [5.74, 6) is 2.19. The predicted octanol–water partition coefficient (Wildman–Crippen LogP) is 2.79. The standard InChI is InChI=1S/C15H27N3O2/c1-3-12-7-9-15(16,10-8-12)14-17-13(20-18-14)6-5-11-19-4-2/h12H,3-11,16H2,1-2H3. The number of nitrogens with two attached hydrogens (primary N) is 1. The van der Waals surface area contributed by atoms with Crippen molar-refractivity contribution in [2.75, 3.05) is 13.2 Å². The molecule has 5 nitrogen and oxygen atoms in total. The highest BCUT2D eigenvalue weighted by molar-refractivity contribution is 5.06. The van der Waals surface area contributed by atoms with Crippen LogP contribution in [0.5, 0.6) is 0 Å². The summed E-state index contributed by atoms with van der Waals surface area (Å²) in [5.41, 5.74) is 6.10. The SMILES string of the molecule is CCOCCCc1nc(C2(N)CCC(CC)CC2)no1. The molecular formula is C15H27N3O2. The second-order valence-corrected chi connectivity index (χ2v) is 5.82. The molecule has 5 heteroatoms. The van der Waals surface area contributed by atoms with E-state index in [0.29, 0.717) is 11.7 Å². The van der Waals surface area contributed by atoms with Crippen LogP contribution in [0.15, 0.2) is 4.52 Å². The van der Waals surface area contributed by atoms with Gasteiger partial charge in [-0.05, 0) is 44.9 Å². The Kier molecular flexibility index (Phi) is 5.54. The number of hydrogen-bond acceptors (Lipinski definition) is 5. The topological polar surface area (TPSA) is 74.2 Å². The third kappa shape index (κ3) is 3.79. The Balaban J connectivity index is 1.88. The van der Waals surface area contributed by atoms with Crippen molar-refractivity contribution in [3.63, 3.8) is 0 Å². The molecule has 114 valence electrons. The number of aromatic nitrogens is 2. The van der Waals surface area contributed by atoms with Crippen molar-refractivity contribution >= 4 is 0 Å². The maximum Gasteiger partial charge on any atom is 0.226 e. The third-order valence-electron chi connectivity index (χ3n) is 4.37. The normalized spacial score (nSPS) is 26.9. The van der Waals surface area contributed by atoms with Crippen molar-refractivity contribution in [1.82, 2.24) is 10.1 Å². The number of aryl methyl sites for hydroxylation is 1. The molecule has 1 aromatic rings. The van der Waals surface area contributed by atoms with E-state index in [2.05, 4.69) is 17.1 Å². The van der Waals surface area contributed by atoms with Gasteiger partial charge in [0.05, 0.1) is 5.54 Å². The van der Waals surface area contributed by atoms with Crippen molar-refractivity contribution in [1.29, 1.82) is 0 Å². The summed E-state index contributed by atoms with van der Waals surface area (Å²) in [6, 6.07) is 0. The van der Waals surface area contributed by atoms with Crippen LogP contribution in [0.1, 0.15) is 64.1 Å². The lowest BCUT2D eigenvalue weighted by Crippen LogP contribution is -2.41. The van der Waals surface area contributed by atoms with Crippen LogP contribution >= 0.6 is 0 Å². The van der Waals surface area contributed by atoms with Gasteiger partial charge < -0.3 is 15.0 Å². The highest BCUT2D eigenvalue weighted by atomic mass is 16.5. The van der Waals surface area contributed by atoms with Crippen LogP contribution in [0.3, 0.4) is 0 Å². The average molecular weight is 281 g/mol. The van der Waals surface area contributed by atoms with Gasteiger partial charge in [0.1, 0.15) is 0 Å². The van der Waals surface area contributed by atoms with Crippen molar-refractivity contribution in [2.45, 2.75) is 64.3 Å². The summed E-state index contributed by atoms with van der Waals surface area (Å²) in [7, 11) is 0. The number of ether oxygens (including phenoxy) is 1. The zero-order chi connectivity index (χ0) is 14.4. The van der Waals surface area contributed by atoms with E-state index in [4.69, 9.17) is 15.0 Å². The Morgan fingerprint density at radius 2 is 2.10 bits per heavy atom. The van der Waals surface area contributed by atoms with E-state index in [0.717, 1.165) is 44.8 Å². The highest BCUT2D eigenvalue weighted by Crippen LogP contribution is 2.37. The van der Waals surface area contributed by atoms with Crippen molar-refractivity contribution in [2.24, 2.45) is 11.7 Å². The van der Waals surface area contributed by atoms with Crippen LogP contribution in [0.25, 0.3) is 0 Å². The monoisotopic (exact) mass is 281 g/mol. The molecule has 1 aromatic heterocycles. The molecule has 2 rings (SSSR count). The van der Waals surface area contributed by atoms with Crippen molar-refractivity contribution < 1.29 is 9.26 Å². The van der Waals surface area contributed by atoms with Gasteiger partial charge in [-0.25, -0.2) is 0 Å². The molecule has 1 aliphatic carbocycles. The van der Waals surface area contributed by atoms with E-state index in [1.165, 1.54) is 19.3 Å². The van der Waals surface area contributed by atoms with Gasteiger partial charge in [-0.3, -0.25) is 0 Å². The van der Waals surface area contributed by atoms with Gasteiger partial charge >= 0.3 is 0 Å². The summed E-state index contributed by atoms with van der Waals surface area (Å²) in [6.07, 6.45) is 7.17. The molecule has 0 saturated heterocycles. The largest absolute Gasteiger partial charge is 0.382 e. The summed E-state index contributed by atoms with van der Waals surface area (Å²) in [4.78, 5) is 4.50. The summed E-state index contributed by atoms with van der Waals surface area (Å²) in [5, 5.41) is 4.11. The Hall–Kier alpha value is -0.940. The fraction of sp³-hybridized carbons (Fsp3) is 0.867. The second-order valence-electron chi connectivity index (χ2n) is 5.82. The summed E-state index contributed by atoms with van der Waals surface area (Å²) < 4.78 is 10.6. The highest BCUT2D eigenvalue weighted by Gasteiger charge is 2.36. The number of rotatable bonds is 7. The molecule has 1 aliphatic rings. The Morgan fingerprint density at radius 3 is 2.75 bits per heavy atom. The van der Waals surface area contributed by atoms with Gasteiger partial charge in [0.15, 0.2) is 5.82 Å². The molecule has 1 heterocycles. The van der Waals surface area contributed by atoms with E-state index >= 15 is 0 Å². The molecule has 0 bridgehead atoms.